The molecule has 1 rings (SSSR count). The summed E-state index contributed by atoms with van der Waals surface area (Å²) in [5, 5.41) is 11.0. The van der Waals surface area contributed by atoms with Crippen LogP contribution in [0.25, 0.3) is 0 Å². The number of phenolic OH excluding ortho intramolecular Hbond substituents is 1. The third-order valence-corrected chi connectivity index (χ3v) is 2.57. The average molecular weight is 345 g/mol. The highest BCUT2D eigenvalue weighted by atomic mass is 127. The highest BCUT2D eigenvalue weighted by molar-refractivity contribution is 14.1. The fourth-order valence-electron chi connectivity index (χ4n) is 0.936. The van der Waals surface area contributed by atoms with E-state index in [1.807, 2.05) is 22.6 Å². The zero-order valence-corrected chi connectivity index (χ0v) is 9.96. The molecule has 3 nitrogen and oxygen atoms in total. The standard InChI is InChI=1S/C9H7F3INO2/c10-9(11,12)4-14-8(16)5-1-2-6(13)7(15)3-5/h1-3,15H,4H2,(H,14,16). The van der Waals surface area contributed by atoms with Gasteiger partial charge in [-0.1, -0.05) is 0 Å². The van der Waals surface area contributed by atoms with Crippen molar-refractivity contribution in [1.29, 1.82) is 0 Å². The number of hydrogen-bond donors (Lipinski definition) is 2. The lowest BCUT2D eigenvalue weighted by molar-refractivity contribution is -0.123. The Balaban J connectivity index is 2.70. The molecular weight excluding hydrogens is 338 g/mol. The van der Waals surface area contributed by atoms with Crippen molar-refractivity contribution >= 4 is 28.5 Å². The van der Waals surface area contributed by atoms with Gasteiger partial charge in [-0.2, -0.15) is 13.2 Å². The van der Waals surface area contributed by atoms with E-state index in [4.69, 9.17) is 0 Å². The smallest absolute Gasteiger partial charge is 0.405 e. The first-order valence-corrected chi connectivity index (χ1v) is 5.21. The molecule has 0 unspecified atom stereocenters. The Morgan fingerprint density at radius 3 is 2.56 bits per heavy atom. The molecule has 0 aliphatic heterocycles. The quantitative estimate of drug-likeness (QED) is 0.809. The summed E-state index contributed by atoms with van der Waals surface area (Å²) in [6, 6.07) is 3.90. The second-order valence-corrected chi connectivity index (χ2v) is 4.13. The van der Waals surface area contributed by atoms with Crippen molar-refractivity contribution in [2.75, 3.05) is 6.54 Å². The lowest BCUT2D eigenvalue weighted by atomic mass is 10.2. The molecule has 1 aromatic rings. The molecule has 7 heteroatoms. The van der Waals surface area contributed by atoms with Gasteiger partial charge in [0.05, 0.1) is 3.57 Å². The second-order valence-electron chi connectivity index (χ2n) is 2.96. The summed E-state index contributed by atoms with van der Waals surface area (Å²) in [6.45, 7) is -1.39. The number of phenols is 1. The van der Waals surface area contributed by atoms with E-state index in [9.17, 15) is 23.1 Å². The SMILES string of the molecule is O=C(NCC(F)(F)F)c1ccc(I)c(O)c1. The Morgan fingerprint density at radius 2 is 2.06 bits per heavy atom. The summed E-state index contributed by atoms with van der Waals surface area (Å²) in [5.41, 5.74) is -0.0119. The third-order valence-electron chi connectivity index (χ3n) is 1.66. The molecule has 0 fully saturated rings. The number of carbonyl (C=O) groups is 1. The van der Waals surface area contributed by atoms with Crippen LogP contribution in [0.1, 0.15) is 10.4 Å². The van der Waals surface area contributed by atoms with Crippen molar-refractivity contribution < 1.29 is 23.1 Å². The third kappa shape index (κ3) is 3.87. The Labute approximate surface area is 103 Å². The zero-order chi connectivity index (χ0) is 12.3. The average Bonchev–Trinajstić information content (AvgIpc) is 2.17. The van der Waals surface area contributed by atoms with Crippen LogP contribution >= 0.6 is 22.6 Å². The maximum Gasteiger partial charge on any atom is 0.405 e. The molecule has 16 heavy (non-hydrogen) atoms. The van der Waals surface area contributed by atoms with Gasteiger partial charge in [-0.3, -0.25) is 4.79 Å². The van der Waals surface area contributed by atoms with Crippen molar-refractivity contribution in [3.8, 4) is 5.75 Å². The molecule has 0 spiro atoms. The maximum atomic E-state index is 11.8. The number of hydrogen-bond acceptors (Lipinski definition) is 2. The summed E-state index contributed by atoms with van der Waals surface area (Å²) >= 11 is 1.84. The monoisotopic (exact) mass is 345 g/mol. The molecule has 0 aromatic heterocycles. The molecule has 0 atom stereocenters. The second kappa shape index (κ2) is 4.89. The molecule has 1 aromatic carbocycles. The van der Waals surface area contributed by atoms with Gasteiger partial charge in [0.25, 0.3) is 5.91 Å². The van der Waals surface area contributed by atoms with Crippen LogP contribution in [0.15, 0.2) is 18.2 Å². The fraction of sp³-hybridized carbons (Fsp3) is 0.222. The fourth-order valence-corrected chi connectivity index (χ4v) is 1.27. The number of carbonyl (C=O) groups excluding carboxylic acids is 1. The highest BCUT2D eigenvalue weighted by Gasteiger charge is 2.27. The predicted octanol–water partition coefficient (Wildman–Crippen LogP) is 2.29. The lowest BCUT2D eigenvalue weighted by Gasteiger charge is -2.08. The van der Waals surface area contributed by atoms with Gasteiger partial charge in [0.2, 0.25) is 0 Å². The Kier molecular flexibility index (Phi) is 4.00. The van der Waals surface area contributed by atoms with E-state index in [2.05, 4.69) is 0 Å². The zero-order valence-electron chi connectivity index (χ0n) is 7.81. The molecular formula is C9H7F3INO2. The van der Waals surface area contributed by atoms with Gasteiger partial charge in [-0.25, -0.2) is 0 Å². The number of nitrogens with one attached hydrogen (secondary N) is 1. The van der Waals surface area contributed by atoms with Crippen molar-refractivity contribution in [1.82, 2.24) is 5.32 Å². The Morgan fingerprint density at radius 1 is 1.44 bits per heavy atom. The topological polar surface area (TPSA) is 49.3 Å². The number of halogens is 4. The highest BCUT2D eigenvalue weighted by Crippen LogP contribution is 2.20. The molecule has 0 heterocycles. The molecule has 0 aliphatic carbocycles. The molecule has 0 radical (unpaired) electrons. The molecule has 0 saturated carbocycles. The molecule has 88 valence electrons. The molecule has 0 saturated heterocycles. The lowest BCUT2D eigenvalue weighted by Crippen LogP contribution is -2.33. The number of alkyl halides is 3. The maximum absolute atomic E-state index is 11.8. The van der Waals surface area contributed by atoms with Crippen LogP contribution in [0.4, 0.5) is 13.2 Å². The summed E-state index contributed by atoms with van der Waals surface area (Å²) in [7, 11) is 0. The first-order chi connectivity index (χ1) is 7.29. The van der Waals surface area contributed by atoms with E-state index < -0.39 is 18.6 Å². The van der Waals surface area contributed by atoms with Crippen LogP contribution in [0.2, 0.25) is 0 Å². The van der Waals surface area contributed by atoms with Gasteiger partial charge in [0.1, 0.15) is 12.3 Å². The van der Waals surface area contributed by atoms with Crippen LogP contribution in [0.5, 0.6) is 5.75 Å². The van der Waals surface area contributed by atoms with Gasteiger partial charge in [0.15, 0.2) is 0 Å². The van der Waals surface area contributed by atoms with Crippen molar-refractivity contribution in [3.63, 3.8) is 0 Å². The van der Waals surface area contributed by atoms with Gasteiger partial charge in [-0.15, -0.1) is 0 Å². The van der Waals surface area contributed by atoms with Gasteiger partial charge in [-0.05, 0) is 40.8 Å². The van der Waals surface area contributed by atoms with E-state index >= 15 is 0 Å². The van der Waals surface area contributed by atoms with Crippen molar-refractivity contribution in [2.45, 2.75) is 6.18 Å². The minimum absolute atomic E-state index is 0.0119. The van der Waals surface area contributed by atoms with E-state index in [1.165, 1.54) is 12.1 Å². The van der Waals surface area contributed by atoms with E-state index in [-0.39, 0.29) is 11.3 Å². The molecule has 1 amide bonds. The summed E-state index contributed by atoms with van der Waals surface area (Å²) < 4.78 is 35.9. The normalized spacial score (nSPS) is 11.2. The first kappa shape index (κ1) is 13.1. The minimum Gasteiger partial charge on any atom is -0.507 e. The Bertz CT molecular complexity index is 406. The first-order valence-electron chi connectivity index (χ1n) is 4.13. The summed E-state index contributed by atoms with van der Waals surface area (Å²) in [6.07, 6.45) is -4.44. The van der Waals surface area contributed by atoms with E-state index in [0.717, 1.165) is 6.07 Å². The van der Waals surface area contributed by atoms with E-state index in [1.54, 1.807) is 5.32 Å². The number of rotatable bonds is 2. The van der Waals surface area contributed by atoms with Gasteiger partial charge in [0, 0.05) is 5.56 Å². The number of aromatic hydroxyl groups is 1. The summed E-state index contributed by atoms with van der Waals surface area (Å²) in [5.74, 6) is -1.01. The van der Waals surface area contributed by atoms with E-state index in [0.29, 0.717) is 3.57 Å². The molecule has 0 aliphatic rings. The van der Waals surface area contributed by atoms with Crippen LogP contribution in [-0.2, 0) is 0 Å². The van der Waals surface area contributed by atoms with Crippen molar-refractivity contribution in [3.05, 3.63) is 27.3 Å². The van der Waals surface area contributed by atoms with Gasteiger partial charge < -0.3 is 10.4 Å². The molecule has 0 bridgehead atoms. The molecule has 2 N–H and O–H groups in total. The largest absolute Gasteiger partial charge is 0.507 e. The Hall–Kier alpha value is -0.990. The number of benzene rings is 1. The summed E-state index contributed by atoms with van der Waals surface area (Å²) in [4.78, 5) is 11.2. The predicted molar refractivity (Wildman–Crippen MR) is 59.2 cm³/mol. The van der Waals surface area contributed by atoms with Crippen LogP contribution in [-0.4, -0.2) is 23.7 Å². The van der Waals surface area contributed by atoms with Crippen LogP contribution in [0.3, 0.4) is 0 Å². The number of amides is 1. The van der Waals surface area contributed by atoms with Crippen LogP contribution in [0, 0.1) is 3.57 Å². The van der Waals surface area contributed by atoms with Crippen LogP contribution < -0.4 is 5.32 Å². The van der Waals surface area contributed by atoms with Crippen molar-refractivity contribution in [2.24, 2.45) is 0 Å². The van der Waals surface area contributed by atoms with Gasteiger partial charge >= 0.3 is 6.18 Å². The minimum atomic E-state index is -4.44.